The second-order valence-corrected chi connectivity index (χ2v) is 5.29. The molecule has 2 aliphatic carbocycles. The first-order chi connectivity index (χ1) is 5.13. The van der Waals surface area contributed by atoms with Crippen LogP contribution >= 0.6 is 12.6 Å². The molecule has 0 nitrogen and oxygen atoms in total. The second kappa shape index (κ2) is 2.42. The molecule has 64 valence electrons. The molecule has 2 saturated carbocycles. The molecule has 0 radical (unpaired) electrons. The zero-order valence-electron chi connectivity index (χ0n) is 7.62. The maximum Gasteiger partial charge on any atom is 0.00789 e. The van der Waals surface area contributed by atoms with Gasteiger partial charge in [-0.25, -0.2) is 0 Å². The monoisotopic (exact) mass is 170 g/mol. The highest BCUT2D eigenvalue weighted by atomic mass is 32.1. The van der Waals surface area contributed by atoms with Crippen molar-refractivity contribution in [2.75, 3.05) is 0 Å². The van der Waals surface area contributed by atoms with E-state index in [9.17, 15) is 0 Å². The Morgan fingerprint density at radius 2 is 1.55 bits per heavy atom. The van der Waals surface area contributed by atoms with Gasteiger partial charge in [0.1, 0.15) is 0 Å². The topological polar surface area (TPSA) is 0 Å². The molecule has 0 heterocycles. The number of fused-ring (bicyclic) bond motifs is 1. The van der Waals surface area contributed by atoms with Crippen molar-refractivity contribution in [2.24, 2.45) is 29.6 Å². The highest BCUT2D eigenvalue weighted by Gasteiger charge is 2.54. The van der Waals surface area contributed by atoms with Gasteiger partial charge in [0.15, 0.2) is 0 Å². The molecule has 1 heteroatoms. The maximum absolute atomic E-state index is 4.65. The molecule has 0 aromatic heterocycles. The Bertz CT molecular complexity index is 140. The zero-order valence-corrected chi connectivity index (χ0v) is 8.51. The van der Waals surface area contributed by atoms with E-state index >= 15 is 0 Å². The molecule has 0 aromatic rings. The molecule has 2 rings (SSSR count). The third-order valence-electron chi connectivity index (χ3n) is 4.04. The fourth-order valence-electron chi connectivity index (χ4n) is 3.53. The Morgan fingerprint density at radius 1 is 1.00 bits per heavy atom. The van der Waals surface area contributed by atoms with E-state index in [1.165, 1.54) is 6.42 Å². The van der Waals surface area contributed by atoms with Crippen LogP contribution in [0.5, 0.6) is 0 Å². The van der Waals surface area contributed by atoms with E-state index in [2.05, 4.69) is 33.4 Å². The summed E-state index contributed by atoms with van der Waals surface area (Å²) in [5, 5.41) is 0.708. The highest BCUT2D eigenvalue weighted by Crippen LogP contribution is 2.58. The van der Waals surface area contributed by atoms with Crippen molar-refractivity contribution in [2.45, 2.75) is 32.4 Å². The Balaban J connectivity index is 2.14. The first-order valence-corrected chi connectivity index (χ1v) is 5.32. The molecule has 6 atom stereocenters. The number of thiol groups is 1. The molecule has 0 aromatic carbocycles. The minimum absolute atomic E-state index is 0.708. The van der Waals surface area contributed by atoms with Crippen LogP contribution in [0.15, 0.2) is 0 Å². The van der Waals surface area contributed by atoms with Gasteiger partial charge >= 0.3 is 0 Å². The van der Waals surface area contributed by atoms with Crippen LogP contribution in [-0.2, 0) is 0 Å². The minimum atomic E-state index is 0.708. The Kier molecular flexibility index (Phi) is 1.75. The van der Waals surface area contributed by atoms with Crippen LogP contribution in [-0.4, -0.2) is 5.25 Å². The van der Waals surface area contributed by atoms with Crippen molar-refractivity contribution in [1.82, 2.24) is 0 Å². The van der Waals surface area contributed by atoms with E-state index in [4.69, 9.17) is 0 Å². The van der Waals surface area contributed by atoms with Gasteiger partial charge in [0.05, 0.1) is 0 Å². The smallest absolute Gasteiger partial charge is 0.00789 e. The third kappa shape index (κ3) is 0.898. The van der Waals surface area contributed by atoms with Crippen LogP contribution in [0.25, 0.3) is 0 Å². The fourth-order valence-corrected chi connectivity index (χ4v) is 4.22. The predicted octanol–water partition coefficient (Wildman–Crippen LogP) is 2.84. The van der Waals surface area contributed by atoms with Gasteiger partial charge < -0.3 is 0 Å². The van der Waals surface area contributed by atoms with Gasteiger partial charge in [-0.15, -0.1) is 0 Å². The summed E-state index contributed by atoms with van der Waals surface area (Å²) in [5.41, 5.74) is 0. The summed E-state index contributed by atoms with van der Waals surface area (Å²) < 4.78 is 0. The molecule has 0 saturated heterocycles. The summed E-state index contributed by atoms with van der Waals surface area (Å²) in [6.45, 7) is 7.18. The lowest BCUT2D eigenvalue weighted by Gasteiger charge is -2.48. The molecule has 0 bridgehead atoms. The summed E-state index contributed by atoms with van der Waals surface area (Å²) in [6.07, 6.45) is 1.44. The summed E-state index contributed by atoms with van der Waals surface area (Å²) in [4.78, 5) is 0. The molecule has 2 fully saturated rings. The summed E-state index contributed by atoms with van der Waals surface area (Å²) in [6, 6.07) is 0. The Hall–Kier alpha value is 0.350. The lowest BCUT2D eigenvalue weighted by Crippen LogP contribution is -2.47. The van der Waals surface area contributed by atoms with Crippen molar-refractivity contribution in [1.29, 1.82) is 0 Å². The van der Waals surface area contributed by atoms with E-state index in [0.29, 0.717) is 5.25 Å². The summed E-state index contributed by atoms with van der Waals surface area (Å²) in [5.74, 6) is 4.74. The highest BCUT2D eigenvalue weighted by molar-refractivity contribution is 7.81. The molecule has 0 aliphatic heterocycles. The average molecular weight is 170 g/mol. The van der Waals surface area contributed by atoms with Gasteiger partial charge in [-0.3, -0.25) is 0 Å². The fraction of sp³-hybridized carbons (Fsp3) is 1.00. The minimum Gasteiger partial charge on any atom is -0.175 e. The standard InChI is InChI=1S/C10H18S/c1-5-4-6(2)9-8(5)7(3)10(9)11/h5-11H,4H2,1-3H3. The number of hydrogen-bond donors (Lipinski definition) is 1. The molecular weight excluding hydrogens is 152 g/mol. The number of rotatable bonds is 0. The van der Waals surface area contributed by atoms with Crippen LogP contribution in [0, 0.1) is 29.6 Å². The van der Waals surface area contributed by atoms with E-state index in [1.54, 1.807) is 0 Å². The van der Waals surface area contributed by atoms with Crippen LogP contribution in [0.3, 0.4) is 0 Å². The van der Waals surface area contributed by atoms with Gasteiger partial charge in [0.25, 0.3) is 0 Å². The van der Waals surface area contributed by atoms with E-state index < -0.39 is 0 Å². The van der Waals surface area contributed by atoms with Crippen molar-refractivity contribution < 1.29 is 0 Å². The van der Waals surface area contributed by atoms with Gasteiger partial charge in [-0.05, 0) is 36.0 Å². The predicted molar refractivity (Wildman–Crippen MR) is 51.9 cm³/mol. The van der Waals surface area contributed by atoms with E-state index in [0.717, 1.165) is 29.6 Å². The van der Waals surface area contributed by atoms with Gasteiger partial charge in [-0.2, -0.15) is 12.6 Å². The average Bonchev–Trinajstić information content (AvgIpc) is 2.21. The van der Waals surface area contributed by atoms with Crippen molar-refractivity contribution >= 4 is 12.6 Å². The first kappa shape index (κ1) is 7.97. The zero-order chi connectivity index (χ0) is 8.17. The first-order valence-electron chi connectivity index (χ1n) is 4.81. The molecule has 0 N–H and O–H groups in total. The second-order valence-electron chi connectivity index (χ2n) is 4.69. The van der Waals surface area contributed by atoms with Crippen molar-refractivity contribution in [3.63, 3.8) is 0 Å². The Labute approximate surface area is 75.2 Å². The molecule has 0 spiro atoms. The maximum atomic E-state index is 4.65. The number of hydrogen-bond acceptors (Lipinski definition) is 1. The summed E-state index contributed by atoms with van der Waals surface area (Å²) in [7, 11) is 0. The molecule has 11 heavy (non-hydrogen) atoms. The lowest BCUT2D eigenvalue weighted by atomic mass is 9.63. The van der Waals surface area contributed by atoms with E-state index in [-0.39, 0.29) is 0 Å². The largest absolute Gasteiger partial charge is 0.175 e. The molecule has 0 amide bonds. The van der Waals surface area contributed by atoms with Crippen LogP contribution in [0.2, 0.25) is 0 Å². The lowest BCUT2D eigenvalue weighted by molar-refractivity contribution is 0.0833. The normalized spacial score (nSPS) is 62.2. The van der Waals surface area contributed by atoms with E-state index in [1.807, 2.05) is 0 Å². The SMILES string of the molecule is CC1CC(C)C2C(S)C(C)C12. The van der Waals surface area contributed by atoms with Crippen LogP contribution in [0.1, 0.15) is 27.2 Å². The van der Waals surface area contributed by atoms with Crippen LogP contribution < -0.4 is 0 Å². The molecule has 6 unspecified atom stereocenters. The van der Waals surface area contributed by atoms with Crippen LogP contribution in [0.4, 0.5) is 0 Å². The van der Waals surface area contributed by atoms with Crippen molar-refractivity contribution in [3.8, 4) is 0 Å². The van der Waals surface area contributed by atoms with Gasteiger partial charge in [0.2, 0.25) is 0 Å². The molecule has 2 aliphatic rings. The summed E-state index contributed by atoms with van der Waals surface area (Å²) >= 11 is 4.65. The van der Waals surface area contributed by atoms with Gasteiger partial charge in [-0.1, -0.05) is 20.8 Å². The third-order valence-corrected chi connectivity index (χ3v) is 4.86. The quantitative estimate of drug-likeness (QED) is 0.531. The Morgan fingerprint density at radius 3 is 2.09 bits per heavy atom. The van der Waals surface area contributed by atoms with Crippen molar-refractivity contribution in [3.05, 3.63) is 0 Å². The molecular formula is C10H18S. The van der Waals surface area contributed by atoms with Gasteiger partial charge in [0, 0.05) is 5.25 Å².